The zero-order chi connectivity index (χ0) is 12.3. The molecule has 1 heterocycles. The van der Waals surface area contributed by atoms with E-state index in [1.54, 1.807) is 6.07 Å². The zero-order valence-electron chi connectivity index (χ0n) is 9.87. The minimum atomic E-state index is 0.151. The summed E-state index contributed by atoms with van der Waals surface area (Å²) in [7, 11) is 1.51. The molecule has 4 nitrogen and oxygen atoms in total. The Morgan fingerprint density at radius 3 is 2.76 bits per heavy atom. The van der Waals surface area contributed by atoms with E-state index in [0.29, 0.717) is 10.8 Å². The summed E-state index contributed by atoms with van der Waals surface area (Å²) < 4.78 is 5.09. The summed E-state index contributed by atoms with van der Waals surface area (Å²) >= 11 is 5.94. The minimum absolute atomic E-state index is 0.151. The van der Waals surface area contributed by atoms with Gasteiger partial charge in [0.15, 0.2) is 11.5 Å². The summed E-state index contributed by atoms with van der Waals surface area (Å²) in [5.74, 6) is 0.512. The number of rotatable bonds is 3. The van der Waals surface area contributed by atoms with Gasteiger partial charge < -0.3 is 15.2 Å². The lowest BCUT2D eigenvalue weighted by Crippen LogP contribution is -2.42. The second-order valence-electron chi connectivity index (χ2n) is 4.11. The van der Waals surface area contributed by atoms with Gasteiger partial charge >= 0.3 is 0 Å². The highest BCUT2D eigenvalue weighted by Crippen LogP contribution is 2.37. The number of hydrogen-bond donors (Lipinski definition) is 2. The highest BCUT2D eigenvalue weighted by Gasteiger charge is 2.16. The fourth-order valence-electron chi connectivity index (χ4n) is 2.02. The third-order valence-corrected chi connectivity index (χ3v) is 3.27. The Kier molecular flexibility index (Phi) is 4.10. The summed E-state index contributed by atoms with van der Waals surface area (Å²) in [5.41, 5.74) is 0.855. The van der Waals surface area contributed by atoms with Gasteiger partial charge in [0.05, 0.1) is 12.1 Å². The maximum absolute atomic E-state index is 10.0. The van der Waals surface area contributed by atoms with E-state index in [-0.39, 0.29) is 5.75 Å². The Morgan fingerprint density at radius 1 is 1.41 bits per heavy atom. The molecule has 5 heteroatoms. The SMILES string of the molecule is COc1c(Cl)ccc(CN2CCNCC2)c1O. The van der Waals surface area contributed by atoms with Gasteiger partial charge in [-0.3, -0.25) is 4.90 Å². The number of piperazine rings is 1. The van der Waals surface area contributed by atoms with Gasteiger partial charge in [-0.25, -0.2) is 0 Å². The Balaban J connectivity index is 2.15. The van der Waals surface area contributed by atoms with Crippen molar-refractivity contribution in [1.82, 2.24) is 10.2 Å². The van der Waals surface area contributed by atoms with Crippen LogP contribution in [0, 0.1) is 0 Å². The first-order valence-electron chi connectivity index (χ1n) is 5.69. The lowest BCUT2D eigenvalue weighted by Gasteiger charge is -2.27. The molecule has 0 saturated carbocycles. The van der Waals surface area contributed by atoms with Crippen LogP contribution in [-0.4, -0.2) is 43.3 Å². The van der Waals surface area contributed by atoms with Crippen molar-refractivity contribution in [3.63, 3.8) is 0 Å². The number of nitrogens with zero attached hydrogens (tertiary/aromatic N) is 1. The van der Waals surface area contributed by atoms with E-state index in [1.807, 2.05) is 6.07 Å². The van der Waals surface area contributed by atoms with E-state index in [4.69, 9.17) is 16.3 Å². The molecule has 1 fully saturated rings. The van der Waals surface area contributed by atoms with Crippen molar-refractivity contribution in [2.24, 2.45) is 0 Å². The summed E-state index contributed by atoms with van der Waals surface area (Å²) in [4.78, 5) is 2.29. The number of aromatic hydroxyl groups is 1. The molecule has 1 aromatic carbocycles. The fourth-order valence-corrected chi connectivity index (χ4v) is 2.25. The molecule has 1 aliphatic heterocycles. The summed E-state index contributed by atoms with van der Waals surface area (Å²) in [6.07, 6.45) is 0. The van der Waals surface area contributed by atoms with Crippen LogP contribution in [0.2, 0.25) is 5.02 Å². The van der Waals surface area contributed by atoms with Crippen molar-refractivity contribution in [3.05, 3.63) is 22.7 Å². The van der Waals surface area contributed by atoms with Gasteiger partial charge in [0.25, 0.3) is 0 Å². The maximum Gasteiger partial charge on any atom is 0.179 e. The van der Waals surface area contributed by atoms with E-state index in [2.05, 4.69) is 10.2 Å². The highest BCUT2D eigenvalue weighted by atomic mass is 35.5. The second kappa shape index (κ2) is 5.58. The van der Waals surface area contributed by atoms with E-state index < -0.39 is 0 Å². The van der Waals surface area contributed by atoms with E-state index in [1.165, 1.54) is 7.11 Å². The Bertz CT molecular complexity index is 392. The van der Waals surface area contributed by atoms with Crippen LogP contribution in [0.15, 0.2) is 12.1 Å². The van der Waals surface area contributed by atoms with Gasteiger partial charge in [-0.1, -0.05) is 17.7 Å². The van der Waals surface area contributed by atoms with Crippen LogP contribution in [0.3, 0.4) is 0 Å². The smallest absolute Gasteiger partial charge is 0.179 e. The minimum Gasteiger partial charge on any atom is -0.504 e. The van der Waals surface area contributed by atoms with Crippen molar-refractivity contribution in [3.8, 4) is 11.5 Å². The molecular weight excluding hydrogens is 240 g/mol. The number of methoxy groups -OCH3 is 1. The van der Waals surface area contributed by atoms with Gasteiger partial charge in [-0.2, -0.15) is 0 Å². The number of benzene rings is 1. The molecule has 0 radical (unpaired) electrons. The van der Waals surface area contributed by atoms with Crippen molar-refractivity contribution in [2.45, 2.75) is 6.54 Å². The summed E-state index contributed by atoms with van der Waals surface area (Å²) in [6.45, 7) is 4.69. The van der Waals surface area contributed by atoms with Gasteiger partial charge in [0.1, 0.15) is 0 Å². The van der Waals surface area contributed by atoms with Crippen LogP contribution in [-0.2, 0) is 6.54 Å². The third-order valence-electron chi connectivity index (χ3n) is 2.97. The van der Waals surface area contributed by atoms with Crippen molar-refractivity contribution < 1.29 is 9.84 Å². The van der Waals surface area contributed by atoms with Crippen LogP contribution in [0.1, 0.15) is 5.56 Å². The molecule has 2 N–H and O–H groups in total. The van der Waals surface area contributed by atoms with Crippen molar-refractivity contribution in [1.29, 1.82) is 0 Å². The Labute approximate surface area is 106 Å². The topological polar surface area (TPSA) is 44.7 Å². The summed E-state index contributed by atoms with van der Waals surface area (Å²) in [6, 6.07) is 3.61. The molecular formula is C12H17ClN2O2. The lowest BCUT2D eigenvalue weighted by atomic mass is 10.1. The normalized spacial score (nSPS) is 17.1. The van der Waals surface area contributed by atoms with E-state index in [9.17, 15) is 5.11 Å². The van der Waals surface area contributed by atoms with Gasteiger partial charge in [0, 0.05) is 38.3 Å². The first-order valence-corrected chi connectivity index (χ1v) is 6.07. The zero-order valence-corrected chi connectivity index (χ0v) is 10.6. The molecule has 0 spiro atoms. The molecule has 0 aliphatic carbocycles. The number of hydrogen-bond acceptors (Lipinski definition) is 4. The lowest BCUT2D eigenvalue weighted by molar-refractivity contribution is 0.229. The highest BCUT2D eigenvalue weighted by molar-refractivity contribution is 6.32. The predicted molar refractivity (Wildman–Crippen MR) is 67.8 cm³/mol. The summed E-state index contributed by atoms with van der Waals surface area (Å²) in [5, 5.41) is 13.8. The number of phenolic OH excluding ortho intramolecular Hbond substituents is 1. The standard InChI is InChI=1S/C12H17ClN2O2/c1-17-12-10(13)3-2-9(11(12)16)8-15-6-4-14-5-7-15/h2-3,14,16H,4-8H2,1H3. The quantitative estimate of drug-likeness (QED) is 0.860. The van der Waals surface area contributed by atoms with Crippen LogP contribution in [0.25, 0.3) is 0 Å². The third kappa shape index (κ3) is 2.83. The maximum atomic E-state index is 10.0. The number of phenols is 1. The fraction of sp³-hybridized carbons (Fsp3) is 0.500. The molecule has 2 rings (SSSR count). The van der Waals surface area contributed by atoms with Gasteiger partial charge in [0.2, 0.25) is 0 Å². The van der Waals surface area contributed by atoms with Crippen LogP contribution in [0.5, 0.6) is 11.5 Å². The predicted octanol–water partition coefficient (Wildman–Crippen LogP) is 1.46. The number of nitrogens with one attached hydrogen (secondary N) is 1. The average Bonchev–Trinajstić information content (AvgIpc) is 2.35. The van der Waals surface area contributed by atoms with Crippen LogP contribution >= 0.6 is 11.6 Å². The van der Waals surface area contributed by atoms with E-state index in [0.717, 1.165) is 38.3 Å². The largest absolute Gasteiger partial charge is 0.504 e. The molecule has 0 bridgehead atoms. The Morgan fingerprint density at radius 2 is 2.12 bits per heavy atom. The molecule has 1 aliphatic rings. The molecule has 94 valence electrons. The molecule has 0 unspecified atom stereocenters. The number of halogens is 1. The van der Waals surface area contributed by atoms with Crippen molar-refractivity contribution in [2.75, 3.05) is 33.3 Å². The van der Waals surface area contributed by atoms with Gasteiger partial charge in [-0.15, -0.1) is 0 Å². The van der Waals surface area contributed by atoms with Gasteiger partial charge in [-0.05, 0) is 6.07 Å². The van der Waals surface area contributed by atoms with E-state index >= 15 is 0 Å². The van der Waals surface area contributed by atoms with Crippen LogP contribution in [0.4, 0.5) is 0 Å². The van der Waals surface area contributed by atoms with Crippen LogP contribution < -0.4 is 10.1 Å². The Hall–Kier alpha value is -0.970. The molecule has 1 saturated heterocycles. The molecule has 0 amide bonds. The molecule has 0 aromatic heterocycles. The molecule has 1 aromatic rings. The number of ether oxygens (including phenoxy) is 1. The van der Waals surface area contributed by atoms with Crippen molar-refractivity contribution >= 4 is 11.6 Å². The average molecular weight is 257 g/mol. The molecule has 17 heavy (non-hydrogen) atoms. The monoisotopic (exact) mass is 256 g/mol. The molecule has 0 atom stereocenters. The second-order valence-corrected chi connectivity index (χ2v) is 4.52. The first kappa shape index (κ1) is 12.5. The first-order chi connectivity index (χ1) is 8.22.